The van der Waals surface area contributed by atoms with Crippen molar-refractivity contribution in [2.45, 2.75) is 18.9 Å². The van der Waals surface area contributed by atoms with Crippen molar-refractivity contribution in [1.29, 1.82) is 0 Å². The van der Waals surface area contributed by atoms with Crippen LogP contribution in [0.15, 0.2) is 48.5 Å². The van der Waals surface area contributed by atoms with Gasteiger partial charge in [0.1, 0.15) is 18.5 Å². The molecule has 0 bridgehead atoms. The maximum Gasteiger partial charge on any atom is 0.224 e. The van der Waals surface area contributed by atoms with Crippen LogP contribution in [0.4, 0.5) is 11.4 Å². The van der Waals surface area contributed by atoms with Crippen molar-refractivity contribution in [3.63, 3.8) is 0 Å². The van der Waals surface area contributed by atoms with E-state index in [2.05, 4.69) is 39.4 Å². The largest absolute Gasteiger partial charge is 0.489 e. The van der Waals surface area contributed by atoms with Crippen LogP contribution in [-0.4, -0.2) is 61.3 Å². The van der Waals surface area contributed by atoms with E-state index in [1.165, 1.54) is 5.69 Å². The van der Waals surface area contributed by atoms with Gasteiger partial charge in [-0.15, -0.1) is 0 Å². The first-order chi connectivity index (χ1) is 13.7. The topological polar surface area (TPSA) is 65.0 Å². The summed E-state index contributed by atoms with van der Waals surface area (Å²) in [6.45, 7) is 4.55. The minimum atomic E-state index is -0.571. The second kappa shape index (κ2) is 8.63. The van der Waals surface area contributed by atoms with Gasteiger partial charge in [-0.2, -0.15) is 0 Å². The molecule has 0 radical (unpaired) electrons. The molecule has 1 atom stereocenters. The molecule has 2 aliphatic heterocycles. The molecule has 6 nitrogen and oxygen atoms in total. The number of aliphatic hydroxyl groups excluding tert-OH is 1. The van der Waals surface area contributed by atoms with Crippen molar-refractivity contribution in [1.82, 2.24) is 4.90 Å². The molecule has 2 heterocycles. The molecule has 0 aromatic heterocycles. The van der Waals surface area contributed by atoms with Gasteiger partial charge in [0.2, 0.25) is 5.91 Å². The minimum Gasteiger partial charge on any atom is -0.489 e. The summed E-state index contributed by atoms with van der Waals surface area (Å²) in [5.41, 5.74) is 3.09. The number of fused-ring (bicyclic) bond motifs is 1. The number of amides is 1. The number of benzene rings is 2. The monoisotopic (exact) mass is 381 g/mol. The van der Waals surface area contributed by atoms with Crippen LogP contribution in [0, 0.1) is 0 Å². The Morgan fingerprint density at radius 2 is 1.79 bits per heavy atom. The van der Waals surface area contributed by atoms with Crippen LogP contribution < -0.4 is 15.0 Å². The number of anilines is 2. The molecule has 4 rings (SSSR count). The summed E-state index contributed by atoms with van der Waals surface area (Å²) in [7, 11) is 0. The molecule has 1 saturated heterocycles. The molecular weight excluding hydrogens is 354 g/mol. The van der Waals surface area contributed by atoms with Crippen molar-refractivity contribution in [2.24, 2.45) is 0 Å². The predicted octanol–water partition coefficient (Wildman–Crippen LogP) is 2.13. The van der Waals surface area contributed by atoms with Crippen molar-refractivity contribution in [3.8, 4) is 5.75 Å². The number of nitrogens with one attached hydrogen (secondary N) is 1. The molecule has 1 fully saturated rings. The van der Waals surface area contributed by atoms with E-state index in [1.807, 2.05) is 24.3 Å². The lowest BCUT2D eigenvalue weighted by Gasteiger charge is -2.36. The average molecular weight is 381 g/mol. The van der Waals surface area contributed by atoms with E-state index in [9.17, 15) is 9.90 Å². The summed E-state index contributed by atoms with van der Waals surface area (Å²) in [6, 6.07) is 16.2. The van der Waals surface area contributed by atoms with Crippen LogP contribution >= 0.6 is 0 Å². The summed E-state index contributed by atoms with van der Waals surface area (Å²) in [5, 5.41) is 13.3. The Kier molecular flexibility index (Phi) is 5.78. The molecule has 148 valence electrons. The van der Waals surface area contributed by atoms with Gasteiger partial charge in [-0.05, 0) is 30.2 Å². The van der Waals surface area contributed by atoms with E-state index in [0.29, 0.717) is 18.7 Å². The number of aliphatic hydroxyl groups is 1. The Morgan fingerprint density at radius 3 is 2.57 bits per heavy atom. The number of carbonyl (C=O) groups is 1. The van der Waals surface area contributed by atoms with Crippen molar-refractivity contribution in [2.75, 3.05) is 49.5 Å². The van der Waals surface area contributed by atoms with Gasteiger partial charge in [0, 0.05) is 44.8 Å². The van der Waals surface area contributed by atoms with Crippen LogP contribution in [0.1, 0.15) is 12.0 Å². The Labute approximate surface area is 165 Å². The van der Waals surface area contributed by atoms with E-state index in [-0.39, 0.29) is 12.5 Å². The van der Waals surface area contributed by atoms with Gasteiger partial charge in [0.15, 0.2) is 0 Å². The normalized spacial score (nSPS) is 18.3. The summed E-state index contributed by atoms with van der Waals surface area (Å²) < 4.78 is 5.84. The van der Waals surface area contributed by atoms with Gasteiger partial charge in [-0.25, -0.2) is 0 Å². The SMILES string of the molecule is O=C1CCc2cccc(OCC(O)CN3CCN(c4ccccc4)CC3)c2N1. The highest BCUT2D eigenvalue weighted by Crippen LogP contribution is 2.32. The summed E-state index contributed by atoms with van der Waals surface area (Å²) in [4.78, 5) is 16.3. The number of rotatable bonds is 6. The van der Waals surface area contributed by atoms with E-state index in [1.54, 1.807) is 0 Å². The van der Waals surface area contributed by atoms with Gasteiger partial charge >= 0.3 is 0 Å². The van der Waals surface area contributed by atoms with Gasteiger partial charge in [0.25, 0.3) is 0 Å². The standard InChI is InChI=1S/C22H27N3O3/c26-19(15-24-11-13-25(14-12-24)18-6-2-1-3-7-18)16-28-20-8-4-5-17-9-10-21(27)23-22(17)20/h1-8,19,26H,9-16H2,(H,23,27). The first kappa shape index (κ1) is 18.8. The molecule has 2 aromatic carbocycles. The van der Waals surface area contributed by atoms with E-state index < -0.39 is 6.10 Å². The first-order valence-corrected chi connectivity index (χ1v) is 9.94. The van der Waals surface area contributed by atoms with Gasteiger partial charge in [0.05, 0.1) is 5.69 Å². The lowest BCUT2D eigenvalue weighted by atomic mass is 10.0. The van der Waals surface area contributed by atoms with Crippen LogP contribution in [0.5, 0.6) is 5.75 Å². The first-order valence-electron chi connectivity index (χ1n) is 9.94. The number of hydrogen-bond donors (Lipinski definition) is 2. The number of hydrogen-bond acceptors (Lipinski definition) is 5. The van der Waals surface area contributed by atoms with E-state index in [4.69, 9.17) is 4.74 Å². The fraction of sp³-hybridized carbons (Fsp3) is 0.409. The van der Waals surface area contributed by atoms with Crippen molar-refractivity contribution in [3.05, 3.63) is 54.1 Å². The third-order valence-corrected chi connectivity index (χ3v) is 5.39. The second-order valence-corrected chi connectivity index (χ2v) is 7.43. The molecule has 1 amide bonds. The zero-order valence-corrected chi connectivity index (χ0v) is 16.0. The third-order valence-electron chi connectivity index (χ3n) is 5.39. The summed E-state index contributed by atoms with van der Waals surface area (Å²) in [5.74, 6) is 0.652. The molecule has 2 aliphatic rings. The number of piperazine rings is 1. The smallest absolute Gasteiger partial charge is 0.224 e. The van der Waals surface area contributed by atoms with Crippen LogP contribution in [0.25, 0.3) is 0 Å². The predicted molar refractivity (Wildman–Crippen MR) is 110 cm³/mol. The summed E-state index contributed by atoms with van der Waals surface area (Å²) in [6.07, 6.45) is 0.666. The molecule has 2 N–H and O–H groups in total. The average Bonchev–Trinajstić information content (AvgIpc) is 2.73. The van der Waals surface area contributed by atoms with Gasteiger partial charge in [-0.3, -0.25) is 9.69 Å². The fourth-order valence-corrected chi connectivity index (χ4v) is 3.86. The molecule has 1 unspecified atom stereocenters. The maximum atomic E-state index is 11.7. The molecule has 6 heteroatoms. The summed E-state index contributed by atoms with van der Waals surface area (Å²) >= 11 is 0. The minimum absolute atomic E-state index is 0.0142. The van der Waals surface area contributed by atoms with Crippen molar-refractivity contribution >= 4 is 17.3 Å². The Hall–Kier alpha value is -2.57. The highest BCUT2D eigenvalue weighted by Gasteiger charge is 2.21. The number of nitrogens with zero attached hydrogens (tertiary/aromatic N) is 2. The third kappa shape index (κ3) is 4.46. The number of ether oxygens (including phenoxy) is 1. The molecule has 0 saturated carbocycles. The molecule has 28 heavy (non-hydrogen) atoms. The van der Waals surface area contributed by atoms with Crippen molar-refractivity contribution < 1.29 is 14.6 Å². The quantitative estimate of drug-likeness (QED) is 0.803. The number of aryl methyl sites for hydroxylation is 1. The Balaban J connectivity index is 1.26. The molecule has 0 spiro atoms. The highest BCUT2D eigenvalue weighted by atomic mass is 16.5. The Morgan fingerprint density at radius 1 is 1.00 bits per heavy atom. The zero-order chi connectivity index (χ0) is 19.3. The maximum absolute atomic E-state index is 11.7. The lowest BCUT2D eigenvalue weighted by Crippen LogP contribution is -2.49. The number of β-amino-alcohol motifs (C(OH)–C–C–N with tert-alkyl or cyclic N) is 1. The fourth-order valence-electron chi connectivity index (χ4n) is 3.86. The molecule has 0 aliphatic carbocycles. The molecular formula is C22H27N3O3. The van der Waals surface area contributed by atoms with Crippen LogP contribution in [-0.2, 0) is 11.2 Å². The second-order valence-electron chi connectivity index (χ2n) is 7.43. The van der Waals surface area contributed by atoms with Crippen LogP contribution in [0.2, 0.25) is 0 Å². The van der Waals surface area contributed by atoms with E-state index >= 15 is 0 Å². The molecule has 2 aromatic rings. The van der Waals surface area contributed by atoms with Gasteiger partial charge < -0.3 is 20.1 Å². The van der Waals surface area contributed by atoms with Crippen LogP contribution in [0.3, 0.4) is 0 Å². The number of para-hydroxylation sites is 2. The lowest BCUT2D eigenvalue weighted by molar-refractivity contribution is -0.116. The zero-order valence-electron chi connectivity index (χ0n) is 16.0. The highest BCUT2D eigenvalue weighted by molar-refractivity contribution is 5.95. The van der Waals surface area contributed by atoms with Gasteiger partial charge in [-0.1, -0.05) is 30.3 Å². The Bertz CT molecular complexity index is 804. The van der Waals surface area contributed by atoms with E-state index in [0.717, 1.165) is 43.9 Å². The number of carbonyl (C=O) groups excluding carboxylic acids is 1.